The number of benzene rings is 1. The van der Waals surface area contributed by atoms with Gasteiger partial charge >= 0.3 is 0 Å². The molecular formula is C14H15N5O3S. The summed E-state index contributed by atoms with van der Waals surface area (Å²) in [4.78, 5) is 8.15. The van der Waals surface area contributed by atoms with E-state index < -0.39 is 10.0 Å². The van der Waals surface area contributed by atoms with E-state index in [0.29, 0.717) is 17.9 Å². The van der Waals surface area contributed by atoms with Crippen molar-refractivity contribution in [2.45, 2.75) is 24.9 Å². The lowest BCUT2D eigenvalue weighted by Gasteiger charge is -2.11. The van der Waals surface area contributed by atoms with Crippen molar-refractivity contribution < 1.29 is 12.9 Å². The van der Waals surface area contributed by atoms with Crippen molar-refractivity contribution >= 4 is 10.0 Å². The van der Waals surface area contributed by atoms with E-state index in [-0.39, 0.29) is 17.3 Å². The lowest BCUT2D eigenvalue weighted by atomic mass is 10.2. The van der Waals surface area contributed by atoms with Crippen molar-refractivity contribution in [3.8, 4) is 0 Å². The van der Waals surface area contributed by atoms with E-state index in [1.807, 2.05) is 0 Å². The van der Waals surface area contributed by atoms with Gasteiger partial charge in [0.15, 0.2) is 5.82 Å². The Hall–Kier alpha value is -2.52. The van der Waals surface area contributed by atoms with Crippen LogP contribution in [0.25, 0.3) is 0 Å². The fraction of sp³-hybridized carbons (Fsp3) is 0.214. The zero-order valence-electron chi connectivity index (χ0n) is 12.4. The van der Waals surface area contributed by atoms with Crippen molar-refractivity contribution in [1.82, 2.24) is 24.4 Å². The average molecular weight is 333 g/mol. The van der Waals surface area contributed by atoms with Crippen molar-refractivity contribution in [1.29, 1.82) is 0 Å². The number of aromatic nitrogens is 4. The van der Waals surface area contributed by atoms with Crippen LogP contribution in [0.1, 0.15) is 17.3 Å². The first-order valence-electron chi connectivity index (χ1n) is 6.87. The lowest BCUT2D eigenvalue weighted by Crippen LogP contribution is -2.24. The molecule has 3 rings (SSSR count). The summed E-state index contributed by atoms with van der Waals surface area (Å²) in [6.07, 6.45) is 5.06. The van der Waals surface area contributed by atoms with Gasteiger partial charge in [-0.2, -0.15) is 4.98 Å². The molecule has 0 bridgehead atoms. The van der Waals surface area contributed by atoms with Gasteiger partial charge in [-0.1, -0.05) is 23.4 Å². The van der Waals surface area contributed by atoms with Gasteiger partial charge in [-0.25, -0.2) is 18.1 Å². The molecule has 3 aromatic rings. The number of hydrogen-bond acceptors (Lipinski definition) is 6. The lowest BCUT2D eigenvalue weighted by molar-refractivity contribution is 0.372. The van der Waals surface area contributed by atoms with Crippen LogP contribution in [0.4, 0.5) is 0 Å². The normalized spacial score (nSPS) is 11.7. The fourth-order valence-electron chi connectivity index (χ4n) is 2.12. The maximum absolute atomic E-state index is 12.5. The molecule has 0 fully saturated rings. The van der Waals surface area contributed by atoms with Crippen LogP contribution in [0.2, 0.25) is 0 Å². The Balaban J connectivity index is 1.81. The molecule has 2 heterocycles. The molecule has 0 amide bonds. The summed E-state index contributed by atoms with van der Waals surface area (Å²) in [5.41, 5.74) is 0.666. The molecule has 9 heteroatoms. The number of imidazole rings is 1. The molecule has 1 aromatic carbocycles. The number of rotatable bonds is 6. The molecule has 1 N–H and O–H groups in total. The Morgan fingerprint density at radius 3 is 2.83 bits per heavy atom. The smallest absolute Gasteiger partial charge is 0.241 e. The van der Waals surface area contributed by atoms with E-state index in [4.69, 9.17) is 4.52 Å². The predicted octanol–water partition coefficient (Wildman–Crippen LogP) is 1.10. The summed E-state index contributed by atoms with van der Waals surface area (Å²) < 4.78 is 34.3. The third-order valence-electron chi connectivity index (χ3n) is 3.16. The van der Waals surface area contributed by atoms with Crippen LogP contribution in [-0.4, -0.2) is 28.1 Å². The monoisotopic (exact) mass is 333 g/mol. The number of nitrogens with one attached hydrogen (secondary N) is 1. The number of nitrogens with zero attached hydrogens (tertiary/aromatic N) is 4. The van der Waals surface area contributed by atoms with Gasteiger partial charge in [0.2, 0.25) is 15.9 Å². The summed E-state index contributed by atoms with van der Waals surface area (Å²) in [5.74, 6) is 0.679. The molecule has 0 atom stereocenters. The molecule has 0 aliphatic rings. The Kier molecular flexibility index (Phi) is 4.22. The van der Waals surface area contributed by atoms with E-state index in [2.05, 4.69) is 19.8 Å². The highest BCUT2D eigenvalue weighted by Gasteiger charge is 2.19. The average Bonchev–Trinajstić information content (AvgIpc) is 3.17. The first-order chi connectivity index (χ1) is 11.0. The molecule has 23 heavy (non-hydrogen) atoms. The quantitative estimate of drug-likeness (QED) is 0.724. The van der Waals surface area contributed by atoms with Crippen molar-refractivity contribution in [2.24, 2.45) is 0 Å². The molecule has 0 unspecified atom stereocenters. The van der Waals surface area contributed by atoms with Gasteiger partial charge in [0, 0.05) is 18.9 Å². The molecule has 120 valence electrons. The first kappa shape index (κ1) is 15.4. The van der Waals surface area contributed by atoms with Gasteiger partial charge in [-0.3, -0.25) is 0 Å². The molecule has 0 radical (unpaired) electrons. The molecular weight excluding hydrogens is 318 g/mol. The number of aryl methyl sites for hydroxylation is 1. The minimum absolute atomic E-state index is 0.0530. The summed E-state index contributed by atoms with van der Waals surface area (Å²) in [7, 11) is -3.69. The molecule has 0 aliphatic carbocycles. The first-order valence-corrected chi connectivity index (χ1v) is 8.35. The standard InChI is InChI=1S/C14H15N5O3S/c1-11-17-14(22-18-11)8-16-23(20,21)13-5-3-2-4-12(13)9-19-7-6-15-10-19/h2-7,10,16H,8-9H2,1H3. The predicted molar refractivity (Wildman–Crippen MR) is 80.8 cm³/mol. The van der Waals surface area contributed by atoms with Gasteiger partial charge in [-0.05, 0) is 18.6 Å². The molecule has 0 aliphatic heterocycles. The molecule has 0 saturated heterocycles. The maximum atomic E-state index is 12.5. The van der Waals surface area contributed by atoms with Gasteiger partial charge in [0.05, 0.1) is 17.8 Å². The SMILES string of the molecule is Cc1noc(CNS(=O)(=O)c2ccccc2Cn2ccnc2)n1. The van der Waals surface area contributed by atoms with E-state index in [0.717, 1.165) is 0 Å². The Morgan fingerprint density at radius 2 is 2.13 bits per heavy atom. The van der Waals surface area contributed by atoms with Crippen LogP contribution >= 0.6 is 0 Å². The number of hydrogen-bond donors (Lipinski definition) is 1. The van der Waals surface area contributed by atoms with Crippen molar-refractivity contribution in [3.63, 3.8) is 0 Å². The van der Waals surface area contributed by atoms with E-state index >= 15 is 0 Å². The van der Waals surface area contributed by atoms with Crippen molar-refractivity contribution in [3.05, 3.63) is 60.3 Å². The van der Waals surface area contributed by atoms with Crippen molar-refractivity contribution in [2.75, 3.05) is 0 Å². The molecule has 0 spiro atoms. The van der Waals surface area contributed by atoms with Crippen LogP contribution in [0.15, 0.2) is 52.4 Å². The highest BCUT2D eigenvalue weighted by Crippen LogP contribution is 2.17. The van der Waals surface area contributed by atoms with Gasteiger partial charge in [0.1, 0.15) is 0 Å². The van der Waals surface area contributed by atoms with E-state index in [9.17, 15) is 8.42 Å². The summed E-state index contributed by atoms with van der Waals surface area (Å²) in [5, 5.41) is 3.63. The maximum Gasteiger partial charge on any atom is 0.241 e. The van der Waals surface area contributed by atoms with Crippen LogP contribution in [0.5, 0.6) is 0 Å². The van der Waals surface area contributed by atoms with Gasteiger partial charge < -0.3 is 9.09 Å². The van der Waals surface area contributed by atoms with E-state index in [1.54, 1.807) is 54.5 Å². The second kappa shape index (κ2) is 6.31. The van der Waals surface area contributed by atoms with Crippen LogP contribution in [0, 0.1) is 6.92 Å². The highest BCUT2D eigenvalue weighted by atomic mass is 32.2. The Morgan fingerprint density at radius 1 is 1.30 bits per heavy atom. The highest BCUT2D eigenvalue weighted by molar-refractivity contribution is 7.89. The van der Waals surface area contributed by atoms with Crippen LogP contribution in [0.3, 0.4) is 0 Å². The molecule has 0 saturated carbocycles. The zero-order chi connectivity index (χ0) is 16.3. The minimum atomic E-state index is -3.69. The summed E-state index contributed by atoms with van der Waals surface area (Å²) >= 11 is 0. The summed E-state index contributed by atoms with van der Waals surface area (Å²) in [6.45, 7) is 2.03. The Bertz CT molecular complexity index is 887. The summed E-state index contributed by atoms with van der Waals surface area (Å²) in [6, 6.07) is 6.81. The fourth-order valence-corrected chi connectivity index (χ4v) is 3.32. The zero-order valence-corrected chi connectivity index (χ0v) is 13.2. The minimum Gasteiger partial charge on any atom is -0.338 e. The van der Waals surface area contributed by atoms with Gasteiger partial charge in [-0.15, -0.1) is 0 Å². The number of sulfonamides is 1. The third-order valence-corrected chi connectivity index (χ3v) is 4.66. The van der Waals surface area contributed by atoms with Gasteiger partial charge in [0.25, 0.3) is 0 Å². The molecule has 2 aromatic heterocycles. The second-order valence-corrected chi connectivity index (χ2v) is 6.64. The second-order valence-electron chi connectivity index (χ2n) is 4.90. The van der Waals surface area contributed by atoms with Crippen LogP contribution < -0.4 is 4.72 Å². The largest absolute Gasteiger partial charge is 0.338 e. The molecule has 8 nitrogen and oxygen atoms in total. The third kappa shape index (κ3) is 3.63. The topological polar surface area (TPSA) is 103 Å². The van der Waals surface area contributed by atoms with E-state index in [1.165, 1.54) is 0 Å². The van der Waals surface area contributed by atoms with Crippen LogP contribution in [-0.2, 0) is 23.1 Å². The Labute approximate surface area is 133 Å².